The minimum Gasteiger partial charge on any atom is -0.454 e. The molecule has 0 spiro atoms. The molecule has 2 aromatic heterocycles. The van der Waals surface area contributed by atoms with Gasteiger partial charge in [0.25, 0.3) is 0 Å². The van der Waals surface area contributed by atoms with Crippen LogP contribution in [0.5, 0.6) is 11.5 Å². The summed E-state index contributed by atoms with van der Waals surface area (Å²) < 4.78 is 27.3. The average molecular weight is 586 g/mol. The van der Waals surface area contributed by atoms with Crippen LogP contribution in [0.2, 0.25) is 0 Å². The van der Waals surface area contributed by atoms with Crippen molar-refractivity contribution < 1.29 is 13.9 Å². The van der Waals surface area contributed by atoms with Gasteiger partial charge in [-0.25, -0.2) is 19.3 Å². The summed E-state index contributed by atoms with van der Waals surface area (Å²) in [6.45, 7) is 3.95. The van der Waals surface area contributed by atoms with Gasteiger partial charge in [0.2, 0.25) is 6.79 Å². The number of piperidine rings is 1. The van der Waals surface area contributed by atoms with Crippen LogP contribution >= 0.6 is 27.7 Å². The number of hydrogen-bond acceptors (Lipinski definition) is 8. The number of anilines is 1. The van der Waals surface area contributed by atoms with Gasteiger partial charge < -0.3 is 19.8 Å². The zero-order chi connectivity index (χ0) is 25.4. The standard InChI is InChI=1S/C26H26BrFN6O2S/c27-19-11-20-21(36-15-35-20)12-22(19)37-26-32-23-24(29)30-14-31-25(23)34(26)10-7-16-5-8-33(9-6-16)13-17-1-3-18(28)4-2-17/h1-4,11-12,14,16H,5-10,13,15H2,(H2,29,30,31). The highest BCUT2D eigenvalue weighted by atomic mass is 79.9. The van der Waals surface area contributed by atoms with E-state index in [0.717, 1.165) is 82.7 Å². The quantitative estimate of drug-likeness (QED) is 0.305. The Balaban J connectivity index is 1.16. The number of hydrogen-bond donors (Lipinski definition) is 1. The van der Waals surface area contributed by atoms with Crippen molar-refractivity contribution in [2.45, 2.75) is 42.4 Å². The summed E-state index contributed by atoms with van der Waals surface area (Å²) in [5.41, 5.74) is 8.68. The Labute approximate surface area is 226 Å². The molecule has 0 radical (unpaired) electrons. The van der Waals surface area contributed by atoms with Crippen molar-refractivity contribution >= 4 is 44.7 Å². The van der Waals surface area contributed by atoms with Crippen LogP contribution in [0.15, 0.2) is 57.3 Å². The number of imidazole rings is 1. The second-order valence-electron chi connectivity index (χ2n) is 9.35. The molecule has 0 atom stereocenters. The number of aromatic nitrogens is 4. The minimum absolute atomic E-state index is 0.190. The highest BCUT2D eigenvalue weighted by molar-refractivity contribution is 9.10. The van der Waals surface area contributed by atoms with Gasteiger partial charge in [0.05, 0.1) is 0 Å². The van der Waals surface area contributed by atoms with E-state index in [-0.39, 0.29) is 12.6 Å². The Morgan fingerprint density at radius 3 is 2.62 bits per heavy atom. The third-order valence-electron chi connectivity index (χ3n) is 6.94. The fraction of sp³-hybridized carbons (Fsp3) is 0.346. The first-order valence-electron chi connectivity index (χ1n) is 12.2. The van der Waals surface area contributed by atoms with Gasteiger partial charge in [0.1, 0.15) is 12.1 Å². The van der Waals surface area contributed by atoms with Gasteiger partial charge >= 0.3 is 0 Å². The monoisotopic (exact) mass is 584 g/mol. The van der Waals surface area contributed by atoms with E-state index in [1.165, 1.54) is 18.5 Å². The first-order chi connectivity index (χ1) is 18.0. The third kappa shape index (κ3) is 5.25. The van der Waals surface area contributed by atoms with Crippen LogP contribution in [-0.2, 0) is 13.1 Å². The number of ether oxygens (including phenoxy) is 2. The fourth-order valence-corrected chi connectivity index (χ4v) is 6.39. The lowest BCUT2D eigenvalue weighted by Gasteiger charge is -2.32. The lowest BCUT2D eigenvalue weighted by Crippen LogP contribution is -2.33. The van der Waals surface area contributed by atoms with E-state index in [1.807, 2.05) is 24.3 Å². The smallest absolute Gasteiger partial charge is 0.231 e. The molecule has 37 heavy (non-hydrogen) atoms. The molecule has 2 aromatic carbocycles. The summed E-state index contributed by atoms with van der Waals surface area (Å²) in [6, 6.07) is 10.7. The molecule has 2 N–H and O–H groups in total. The van der Waals surface area contributed by atoms with Crippen LogP contribution in [-0.4, -0.2) is 44.3 Å². The maximum absolute atomic E-state index is 13.2. The Hall–Kier alpha value is -2.89. The van der Waals surface area contributed by atoms with Crippen LogP contribution < -0.4 is 15.2 Å². The number of nitrogens with two attached hydrogens (primary N) is 1. The van der Waals surface area contributed by atoms with Crippen molar-refractivity contribution in [2.75, 3.05) is 25.6 Å². The molecule has 1 fully saturated rings. The Morgan fingerprint density at radius 2 is 1.84 bits per heavy atom. The number of nitrogen functional groups attached to an aromatic ring is 1. The molecular weight excluding hydrogens is 559 g/mol. The molecule has 192 valence electrons. The number of halogens is 2. The average Bonchev–Trinajstić information content (AvgIpc) is 3.50. The molecule has 4 aromatic rings. The van der Waals surface area contributed by atoms with Crippen molar-refractivity contribution in [2.24, 2.45) is 5.92 Å². The van der Waals surface area contributed by atoms with Gasteiger partial charge in [-0.2, -0.15) is 0 Å². The predicted octanol–water partition coefficient (Wildman–Crippen LogP) is 5.49. The molecule has 8 nitrogen and oxygen atoms in total. The third-order valence-corrected chi connectivity index (χ3v) is 8.91. The number of nitrogens with zero attached hydrogens (tertiary/aromatic N) is 5. The minimum atomic E-state index is -0.190. The van der Waals surface area contributed by atoms with Crippen molar-refractivity contribution in [1.82, 2.24) is 24.4 Å². The molecule has 0 saturated carbocycles. The van der Waals surface area contributed by atoms with Crippen LogP contribution in [0, 0.1) is 11.7 Å². The van der Waals surface area contributed by atoms with E-state index in [1.54, 1.807) is 11.8 Å². The summed E-state index contributed by atoms with van der Waals surface area (Å²) >= 11 is 5.20. The second-order valence-corrected chi connectivity index (χ2v) is 11.2. The zero-order valence-corrected chi connectivity index (χ0v) is 22.5. The molecule has 1 saturated heterocycles. The van der Waals surface area contributed by atoms with Gasteiger partial charge in [-0.1, -0.05) is 23.9 Å². The molecular formula is C26H26BrFN6O2S. The maximum atomic E-state index is 13.2. The van der Waals surface area contributed by atoms with Gasteiger partial charge in [-0.05, 0) is 84.0 Å². The van der Waals surface area contributed by atoms with Gasteiger partial charge in [-0.3, -0.25) is 4.90 Å². The second kappa shape index (κ2) is 10.5. The van der Waals surface area contributed by atoms with Crippen molar-refractivity contribution in [3.63, 3.8) is 0 Å². The summed E-state index contributed by atoms with van der Waals surface area (Å²) in [5, 5.41) is 0.815. The summed E-state index contributed by atoms with van der Waals surface area (Å²) in [6.07, 6.45) is 4.77. The lowest BCUT2D eigenvalue weighted by molar-refractivity contribution is 0.169. The molecule has 0 unspecified atom stereocenters. The van der Waals surface area contributed by atoms with Crippen LogP contribution in [0.4, 0.5) is 10.2 Å². The van der Waals surface area contributed by atoms with Crippen molar-refractivity contribution in [3.8, 4) is 11.5 Å². The number of benzene rings is 2. The molecule has 2 aliphatic heterocycles. The SMILES string of the molecule is Nc1ncnc2c1nc(Sc1cc3c(cc1Br)OCO3)n2CCC1CCN(Cc2ccc(F)cc2)CC1. The molecule has 2 aliphatic rings. The highest BCUT2D eigenvalue weighted by Gasteiger charge is 2.23. The van der Waals surface area contributed by atoms with E-state index in [4.69, 9.17) is 20.2 Å². The predicted molar refractivity (Wildman–Crippen MR) is 143 cm³/mol. The van der Waals surface area contributed by atoms with Crippen LogP contribution in [0.1, 0.15) is 24.8 Å². The van der Waals surface area contributed by atoms with E-state index < -0.39 is 0 Å². The number of aryl methyl sites for hydroxylation is 1. The number of fused-ring (bicyclic) bond motifs is 2. The van der Waals surface area contributed by atoms with E-state index >= 15 is 0 Å². The molecule has 0 bridgehead atoms. The Bertz CT molecular complexity index is 1430. The fourth-order valence-electron chi connectivity index (χ4n) is 4.88. The van der Waals surface area contributed by atoms with Gasteiger partial charge in [0.15, 0.2) is 33.6 Å². The van der Waals surface area contributed by atoms with E-state index in [0.29, 0.717) is 17.3 Å². The molecule has 11 heteroatoms. The van der Waals surface area contributed by atoms with Crippen LogP contribution in [0.25, 0.3) is 11.2 Å². The zero-order valence-electron chi connectivity index (χ0n) is 20.1. The normalized spacial score (nSPS) is 16.1. The van der Waals surface area contributed by atoms with Crippen molar-refractivity contribution in [3.05, 3.63) is 58.6 Å². The maximum Gasteiger partial charge on any atom is 0.231 e. The molecule has 0 amide bonds. The van der Waals surface area contributed by atoms with Crippen LogP contribution in [0.3, 0.4) is 0 Å². The summed E-state index contributed by atoms with van der Waals surface area (Å²) in [5.74, 6) is 2.25. The topological polar surface area (TPSA) is 91.3 Å². The van der Waals surface area contributed by atoms with Gasteiger partial charge in [0, 0.05) is 22.5 Å². The van der Waals surface area contributed by atoms with Crippen molar-refractivity contribution in [1.29, 1.82) is 0 Å². The molecule has 0 aliphatic carbocycles. The lowest BCUT2D eigenvalue weighted by atomic mass is 9.93. The summed E-state index contributed by atoms with van der Waals surface area (Å²) in [4.78, 5) is 16.9. The Morgan fingerprint density at radius 1 is 1.08 bits per heavy atom. The van der Waals surface area contributed by atoms with E-state index in [2.05, 4.69) is 35.4 Å². The summed E-state index contributed by atoms with van der Waals surface area (Å²) in [7, 11) is 0. The molecule has 4 heterocycles. The highest BCUT2D eigenvalue weighted by Crippen LogP contribution is 2.43. The first-order valence-corrected chi connectivity index (χ1v) is 13.8. The largest absolute Gasteiger partial charge is 0.454 e. The molecule has 6 rings (SSSR count). The first kappa shape index (κ1) is 24.4. The Kier molecular flexibility index (Phi) is 6.92. The number of likely N-dealkylation sites (tertiary alicyclic amines) is 1. The number of rotatable bonds is 7. The van der Waals surface area contributed by atoms with E-state index in [9.17, 15) is 4.39 Å². The van der Waals surface area contributed by atoms with Gasteiger partial charge in [-0.15, -0.1) is 0 Å².